The molecule has 0 amide bonds. The summed E-state index contributed by atoms with van der Waals surface area (Å²) in [5.41, 5.74) is 2.71. The first-order valence-electron chi connectivity index (χ1n) is 8.41. The van der Waals surface area contributed by atoms with Crippen molar-refractivity contribution in [3.8, 4) is 22.8 Å². The second kappa shape index (κ2) is 6.95. The number of ether oxygens (including phenoxy) is 2. The monoisotopic (exact) mass is 362 g/mol. The summed E-state index contributed by atoms with van der Waals surface area (Å²) in [4.78, 5) is 21.4. The van der Waals surface area contributed by atoms with E-state index in [1.54, 1.807) is 38.8 Å². The lowest BCUT2D eigenvalue weighted by Gasteiger charge is -2.07. The zero-order valence-electron chi connectivity index (χ0n) is 15.0. The molecule has 3 heterocycles. The predicted molar refractivity (Wildman–Crippen MR) is 101 cm³/mol. The van der Waals surface area contributed by atoms with E-state index in [1.165, 1.54) is 8.97 Å². The molecule has 0 spiro atoms. The smallest absolute Gasteiger partial charge is 0.333 e. The van der Waals surface area contributed by atoms with Gasteiger partial charge in [-0.05, 0) is 18.2 Å². The SMILES string of the molecule is COc1ccc(-c2cn(C)c(=O)n3cc(COc4ccccc4)nc23)cn1. The average molecular weight is 362 g/mol. The number of nitrogens with zero attached hydrogens (tertiary/aromatic N) is 4. The summed E-state index contributed by atoms with van der Waals surface area (Å²) in [6, 6.07) is 13.2. The van der Waals surface area contributed by atoms with Gasteiger partial charge in [0.2, 0.25) is 5.88 Å². The van der Waals surface area contributed by atoms with Crippen molar-refractivity contribution in [2.75, 3.05) is 7.11 Å². The fourth-order valence-electron chi connectivity index (χ4n) is 2.85. The molecule has 0 unspecified atom stereocenters. The Hall–Kier alpha value is -3.61. The van der Waals surface area contributed by atoms with E-state index in [-0.39, 0.29) is 12.3 Å². The highest BCUT2D eigenvalue weighted by molar-refractivity contribution is 5.76. The van der Waals surface area contributed by atoms with Crippen molar-refractivity contribution in [2.45, 2.75) is 6.61 Å². The molecule has 136 valence electrons. The molecular formula is C20H18N4O3. The summed E-state index contributed by atoms with van der Waals surface area (Å²) < 4.78 is 13.9. The van der Waals surface area contributed by atoms with Crippen LogP contribution in [0.2, 0.25) is 0 Å². The number of rotatable bonds is 5. The Morgan fingerprint density at radius 3 is 2.59 bits per heavy atom. The van der Waals surface area contributed by atoms with E-state index in [0.29, 0.717) is 17.2 Å². The van der Waals surface area contributed by atoms with Gasteiger partial charge in [0.05, 0.1) is 12.8 Å². The summed E-state index contributed by atoms with van der Waals surface area (Å²) in [5, 5.41) is 0. The Bertz CT molecular complexity index is 1130. The van der Waals surface area contributed by atoms with Crippen molar-refractivity contribution in [3.05, 3.63) is 77.2 Å². The van der Waals surface area contributed by atoms with E-state index in [2.05, 4.69) is 9.97 Å². The number of aromatic nitrogens is 4. The first kappa shape index (κ1) is 16.8. The Balaban J connectivity index is 1.74. The highest BCUT2D eigenvalue weighted by Crippen LogP contribution is 2.24. The van der Waals surface area contributed by atoms with Crippen LogP contribution in [0.15, 0.2) is 65.8 Å². The maximum atomic E-state index is 12.5. The number of para-hydroxylation sites is 1. The molecule has 0 saturated heterocycles. The maximum absolute atomic E-state index is 12.5. The van der Waals surface area contributed by atoms with Crippen LogP contribution in [0.3, 0.4) is 0 Å². The lowest BCUT2D eigenvalue weighted by atomic mass is 10.1. The van der Waals surface area contributed by atoms with E-state index in [1.807, 2.05) is 36.4 Å². The van der Waals surface area contributed by atoms with Crippen LogP contribution >= 0.6 is 0 Å². The minimum Gasteiger partial charge on any atom is -0.487 e. The molecule has 1 aromatic carbocycles. The third kappa shape index (κ3) is 3.27. The molecule has 0 atom stereocenters. The van der Waals surface area contributed by atoms with Crippen LogP contribution in [-0.4, -0.2) is 26.0 Å². The Morgan fingerprint density at radius 2 is 1.89 bits per heavy atom. The number of pyridine rings is 1. The van der Waals surface area contributed by atoms with Crippen LogP contribution in [0.1, 0.15) is 5.69 Å². The quantitative estimate of drug-likeness (QED) is 0.546. The molecule has 0 aliphatic rings. The Kier molecular flexibility index (Phi) is 4.33. The van der Waals surface area contributed by atoms with Gasteiger partial charge >= 0.3 is 5.69 Å². The molecule has 0 fully saturated rings. The van der Waals surface area contributed by atoms with Crippen LogP contribution in [0.5, 0.6) is 11.6 Å². The number of imidazole rings is 1. The predicted octanol–water partition coefficient (Wildman–Crippen LogP) is 2.68. The zero-order valence-corrected chi connectivity index (χ0v) is 15.0. The molecule has 0 aliphatic carbocycles. The molecule has 0 bridgehead atoms. The molecule has 3 aromatic heterocycles. The minimum absolute atomic E-state index is 0.173. The molecule has 0 aliphatic heterocycles. The van der Waals surface area contributed by atoms with E-state index >= 15 is 0 Å². The lowest BCUT2D eigenvalue weighted by Crippen LogP contribution is -2.23. The second-order valence-corrected chi connectivity index (χ2v) is 6.05. The molecule has 0 saturated carbocycles. The van der Waals surface area contributed by atoms with Gasteiger partial charge in [-0.25, -0.2) is 14.8 Å². The third-order valence-electron chi connectivity index (χ3n) is 4.21. The van der Waals surface area contributed by atoms with E-state index in [0.717, 1.165) is 16.9 Å². The van der Waals surface area contributed by atoms with Gasteiger partial charge in [0.25, 0.3) is 0 Å². The minimum atomic E-state index is -0.173. The first-order valence-corrected chi connectivity index (χ1v) is 8.41. The zero-order chi connectivity index (χ0) is 18.8. The number of benzene rings is 1. The van der Waals surface area contributed by atoms with Crippen molar-refractivity contribution >= 4 is 5.65 Å². The van der Waals surface area contributed by atoms with Crippen LogP contribution in [0.4, 0.5) is 0 Å². The van der Waals surface area contributed by atoms with Crippen LogP contribution in [0.25, 0.3) is 16.8 Å². The van der Waals surface area contributed by atoms with Gasteiger partial charge in [0.1, 0.15) is 12.4 Å². The molecule has 27 heavy (non-hydrogen) atoms. The highest BCUT2D eigenvalue weighted by Gasteiger charge is 2.13. The highest BCUT2D eigenvalue weighted by atomic mass is 16.5. The van der Waals surface area contributed by atoms with Gasteiger partial charge in [-0.15, -0.1) is 0 Å². The third-order valence-corrected chi connectivity index (χ3v) is 4.21. The lowest BCUT2D eigenvalue weighted by molar-refractivity contribution is 0.302. The normalized spacial score (nSPS) is 10.9. The molecule has 7 nitrogen and oxygen atoms in total. The average Bonchev–Trinajstić information content (AvgIpc) is 3.15. The van der Waals surface area contributed by atoms with E-state index < -0.39 is 0 Å². The number of fused-ring (bicyclic) bond motifs is 1. The van der Waals surface area contributed by atoms with Crippen molar-refractivity contribution < 1.29 is 9.47 Å². The number of methoxy groups -OCH3 is 1. The summed E-state index contributed by atoms with van der Waals surface area (Å²) >= 11 is 0. The fourth-order valence-corrected chi connectivity index (χ4v) is 2.85. The topological polar surface area (TPSA) is 70.7 Å². The molecule has 7 heteroatoms. The van der Waals surface area contributed by atoms with Gasteiger partial charge in [0, 0.05) is 42.8 Å². The van der Waals surface area contributed by atoms with Gasteiger partial charge < -0.3 is 14.0 Å². The summed E-state index contributed by atoms with van der Waals surface area (Å²) in [6.07, 6.45) is 5.17. The Labute approximate surface area is 155 Å². The van der Waals surface area contributed by atoms with Gasteiger partial charge in [0.15, 0.2) is 5.65 Å². The standard InChI is InChI=1S/C20H18N4O3/c1-23-12-17(14-8-9-18(26-2)21-10-14)19-22-15(11-24(19)20(23)25)13-27-16-6-4-3-5-7-16/h3-12H,13H2,1-2H3. The Morgan fingerprint density at radius 1 is 1.07 bits per heavy atom. The number of hydrogen-bond acceptors (Lipinski definition) is 5. The van der Waals surface area contributed by atoms with E-state index in [4.69, 9.17) is 9.47 Å². The van der Waals surface area contributed by atoms with Crippen molar-refractivity contribution in [1.82, 2.24) is 18.9 Å². The molecule has 0 N–H and O–H groups in total. The molecule has 4 aromatic rings. The van der Waals surface area contributed by atoms with Crippen LogP contribution in [-0.2, 0) is 13.7 Å². The van der Waals surface area contributed by atoms with Crippen LogP contribution < -0.4 is 15.2 Å². The molecule has 4 rings (SSSR count). The largest absolute Gasteiger partial charge is 0.487 e. The van der Waals surface area contributed by atoms with Crippen molar-refractivity contribution in [1.29, 1.82) is 0 Å². The summed E-state index contributed by atoms with van der Waals surface area (Å²) in [6.45, 7) is 0.273. The fraction of sp³-hybridized carbons (Fsp3) is 0.150. The molecule has 0 radical (unpaired) electrons. The van der Waals surface area contributed by atoms with Crippen molar-refractivity contribution in [2.24, 2.45) is 7.05 Å². The van der Waals surface area contributed by atoms with Crippen LogP contribution in [0, 0.1) is 0 Å². The number of aryl methyl sites for hydroxylation is 1. The van der Waals surface area contributed by atoms with Gasteiger partial charge in [-0.2, -0.15) is 0 Å². The van der Waals surface area contributed by atoms with Gasteiger partial charge in [-0.3, -0.25) is 4.40 Å². The summed E-state index contributed by atoms with van der Waals surface area (Å²) in [7, 11) is 3.28. The maximum Gasteiger partial charge on any atom is 0.333 e. The van der Waals surface area contributed by atoms with Gasteiger partial charge in [-0.1, -0.05) is 18.2 Å². The van der Waals surface area contributed by atoms with E-state index in [9.17, 15) is 4.79 Å². The molecular weight excluding hydrogens is 344 g/mol. The summed E-state index contributed by atoms with van der Waals surface area (Å²) in [5.74, 6) is 1.28. The number of hydrogen-bond donors (Lipinski definition) is 0. The van der Waals surface area contributed by atoms with Crippen molar-refractivity contribution in [3.63, 3.8) is 0 Å². The second-order valence-electron chi connectivity index (χ2n) is 6.05. The first-order chi connectivity index (χ1) is 13.2.